The fraction of sp³-hybridized carbons (Fsp3) is 0.111. The molecule has 0 amide bonds. The molecule has 0 aliphatic carbocycles. The van der Waals surface area contributed by atoms with Gasteiger partial charge in [0.1, 0.15) is 16.9 Å². The van der Waals surface area contributed by atoms with Gasteiger partial charge in [0, 0.05) is 12.4 Å². The molecule has 0 aliphatic rings. The summed E-state index contributed by atoms with van der Waals surface area (Å²) in [5, 5.41) is 7.08. The van der Waals surface area contributed by atoms with E-state index in [4.69, 9.17) is 0 Å². The van der Waals surface area contributed by atoms with Crippen molar-refractivity contribution in [2.45, 2.75) is 5.92 Å². The van der Waals surface area contributed by atoms with Crippen LogP contribution in [0.1, 0.15) is 5.69 Å². The molecule has 0 saturated carbocycles. The molecule has 0 aliphatic heterocycles. The first-order valence-electron chi connectivity index (χ1n) is 8.11. The van der Waals surface area contributed by atoms with Crippen LogP contribution < -0.4 is 5.32 Å². The number of aromatic nitrogens is 5. The van der Waals surface area contributed by atoms with Gasteiger partial charge in [-0.3, -0.25) is 4.98 Å². The molecule has 1 N–H and O–H groups in total. The third-order valence-corrected chi connectivity index (χ3v) is 3.94. The number of nitrogens with zero attached hydrogens (tertiary/aromatic N) is 5. The van der Waals surface area contributed by atoms with E-state index in [1.807, 2.05) is 0 Å². The molecule has 0 bridgehead atoms. The van der Waals surface area contributed by atoms with Crippen LogP contribution in [0.2, 0.25) is 0 Å². The third kappa shape index (κ3) is 3.24. The summed E-state index contributed by atoms with van der Waals surface area (Å²) in [5.74, 6) is -4.05. The Morgan fingerprint density at radius 1 is 1.07 bits per heavy atom. The first kappa shape index (κ1) is 17.8. The number of pyridine rings is 2. The highest BCUT2D eigenvalue weighted by Crippen LogP contribution is 2.29. The zero-order valence-corrected chi connectivity index (χ0v) is 14.2. The van der Waals surface area contributed by atoms with Gasteiger partial charge in [-0.25, -0.2) is 23.3 Å². The minimum absolute atomic E-state index is 0.0113. The van der Waals surface area contributed by atoms with Gasteiger partial charge in [-0.1, -0.05) is 6.07 Å². The van der Waals surface area contributed by atoms with E-state index in [0.717, 1.165) is 12.3 Å². The van der Waals surface area contributed by atoms with Gasteiger partial charge in [-0.15, -0.1) is 5.10 Å². The Morgan fingerprint density at radius 3 is 2.71 bits per heavy atom. The molecule has 0 unspecified atom stereocenters. The molecule has 0 fully saturated rings. The van der Waals surface area contributed by atoms with Gasteiger partial charge in [-0.05, 0) is 30.3 Å². The molecule has 4 aromatic rings. The van der Waals surface area contributed by atoms with E-state index in [2.05, 4.69) is 25.4 Å². The number of fused-ring (bicyclic) bond motifs is 1. The van der Waals surface area contributed by atoms with Crippen LogP contribution in [0.4, 0.5) is 29.1 Å². The van der Waals surface area contributed by atoms with Gasteiger partial charge in [0.2, 0.25) is 5.82 Å². The molecule has 28 heavy (non-hydrogen) atoms. The quantitative estimate of drug-likeness (QED) is 0.521. The van der Waals surface area contributed by atoms with Crippen molar-refractivity contribution in [1.29, 1.82) is 0 Å². The van der Waals surface area contributed by atoms with Crippen LogP contribution in [0.15, 0.2) is 55.0 Å². The van der Waals surface area contributed by atoms with Crippen molar-refractivity contribution in [3.8, 4) is 11.5 Å². The van der Waals surface area contributed by atoms with Crippen LogP contribution in [-0.2, 0) is 5.92 Å². The van der Waals surface area contributed by atoms with E-state index < -0.39 is 24.1 Å². The summed E-state index contributed by atoms with van der Waals surface area (Å²) in [6.07, 6.45) is 4.07. The second-order valence-electron chi connectivity index (χ2n) is 5.85. The Kier molecular flexibility index (Phi) is 4.38. The fourth-order valence-electron chi connectivity index (χ4n) is 2.57. The number of hydrogen-bond acceptors (Lipinski definition) is 5. The minimum Gasteiger partial charge on any atom is -0.336 e. The lowest BCUT2D eigenvalue weighted by Crippen LogP contribution is -2.18. The van der Waals surface area contributed by atoms with Crippen LogP contribution >= 0.6 is 0 Å². The molecule has 4 rings (SSSR count). The average molecular weight is 388 g/mol. The predicted molar refractivity (Wildman–Crippen MR) is 93.6 cm³/mol. The summed E-state index contributed by atoms with van der Waals surface area (Å²) in [6, 6.07) is 8.61. The maximum absolute atomic E-state index is 13.9. The fourth-order valence-corrected chi connectivity index (χ4v) is 2.57. The predicted octanol–water partition coefficient (Wildman–Crippen LogP) is 4.13. The van der Waals surface area contributed by atoms with E-state index >= 15 is 0 Å². The molecule has 0 aromatic carbocycles. The summed E-state index contributed by atoms with van der Waals surface area (Å²) in [7, 11) is 0. The summed E-state index contributed by atoms with van der Waals surface area (Å²) in [5.41, 5.74) is -0.0310. The summed E-state index contributed by atoms with van der Waals surface area (Å²) < 4.78 is 55.3. The SMILES string of the molecule is FCC(F)(F)c1cccc(-c2nc(Nc3ccncc3F)c3cccn3n2)n1. The molecule has 6 nitrogen and oxygen atoms in total. The van der Waals surface area contributed by atoms with Crippen molar-refractivity contribution in [3.05, 3.63) is 66.5 Å². The summed E-state index contributed by atoms with van der Waals surface area (Å²) in [4.78, 5) is 11.8. The van der Waals surface area contributed by atoms with Crippen molar-refractivity contribution < 1.29 is 17.6 Å². The Morgan fingerprint density at radius 2 is 1.93 bits per heavy atom. The van der Waals surface area contributed by atoms with E-state index in [9.17, 15) is 17.6 Å². The highest BCUT2D eigenvalue weighted by atomic mass is 19.3. The third-order valence-electron chi connectivity index (χ3n) is 3.94. The molecular formula is C18H12F4N6. The largest absolute Gasteiger partial charge is 0.336 e. The van der Waals surface area contributed by atoms with Gasteiger partial charge < -0.3 is 5.32 Å². The number of nitrogens with one attached hydrogen (secondary N) is 1. The molecule has 0 spiro atoms. The van der Waals surface area contributed by atoms with Gasteiger partial charge >= 0.3 is 5.92 Å². The monoisotopic (exact) mass is 388 g/mol. The van der Waals surface area contributed by atoms with E-state index in [1.165, 1.54) is 28.9 Å². The Hall–Kier alpha value is -3.56. The molecule has 0 atom stereocenters. The van der Waals surface area contributed by atoms with Crippen LogP contribution in [0.3, 0.4) is 0 Å². The number of anilines is 2. The van der Waals surface area contributed by atoms with Crippen LogP contribution in [-0.4, -0.2) is 31.2 Å². The number of halogens is 4. The van der Waals surface area contributed by atoms with Gasteiger partial charge in [-0.2, -0.15) is 8.78 Å². The second kappa shape index (κ2) is 6.87. The zero-order valence-electron chi connectivity index (χ0n) is 14.2. The van der Waals surface area contributed by atoms with Crippen LogP contribution in [0, 0.1) is 5.82 Å². The molecular weight excluding hydrogens is 376 g/mol. The van der Waals surface area contributed by atoms with Gasteiger partial charge in [0.05, 0.1) is 11.9 Å². The lowest BCUT2D eigenvalue weighted by Gasteiger charge is -2.13. The second-order valence-corrected chi connectivity index (χ2v) is 5.85. The lowest BCUT2D eigenvalue weighted by molar-refractivity contribution is -0.0320. The maximum Gasteiger partial charge on any atom is 0.317 e. The smallest absolute Gasteiger partial charge is 0.317 e. The first-order valence-corrected chi connectivity index (χ1v) is 8.11. The van der Waals surface area contributed by atoms with Gasteiger partial charge in [0.25, 0.3) is 0 Å². The molecule has 142 valence electrons. The Labute approximate surface area is 155 Å². The van der Waals surface area contributed by atoms with Crippen molar-refractivity contribution >= 4 is 17.0 Å². The van der Waals surface area contributed by atoms with E-state index in [0.29, 0.717) is 5.52 Å². The van der Waals surface area contributed by atoms with Crippen LogP contribution in [0.25, 0.3) is 17.0 Å². The number of hydrogen-bond donors (Lipinski definition) is 1. The maximum atomic E-state index is 13.9. The lowest BCUT2D eigenvalue weighted by atomic mass is 10.2. The Balaban J connectivity index is 1.81. The highest BCUT2D eigenvalue weighted by Gasteiger charge is 2.33. The topological polar surface area (TPSA) is 68.0 Å². The Bertz CT molecular complexity index is 1140. The molecule has 10 heteroatoms. The zero-order chi connectivity index (χ0) is 19.7. The highest BCUT2D eigenvalue weighted by molar-refractivity contribution is 5.74. The molecule has 0 saturated heterocycles. The number of alkyl halides is 3. The minimum atomic E-state index is -3.71. The van der Waals surface area contributed by atoms with Crippen molar-refractivity contribution in [1.82, 2.24) is 24.6 Å². The molecule has 0 radical (unpaired) electrons. The molecule has 4 aromatic heterocycles. The summed E-state index contributed by atoms with van der Waals surface area (Å²) in [6.45, 7) is -1.87. The first-order chi connectivity index (χ1) is 13.5. The van der Waals surface area contributed by atoms with E-state index in [-0.39, 0.29) is 23.0 Å². The van der Waals surface area contributed by atoms with Crippen molar-refractivity contribution in [2.24, 2.45) is 0 Å². The van der Waals surface area contributed by atoms with E-state index in [1.54, 1.807) is 18.3 Å². The average Bonchev–Trinajstić information content (AvgIpc) is 3.19. The van der Waals surface area contributed by atoms with Crippen LogP contribution in [0.5, 0.6) is 0 Å². The van der Waals surface area contributed by atoms with Crippen molar-refractivity contribution in [2.75, 3.05) is 12.0 Å². The number of rotatable bonds is 5. The van der Waals surface area contributed by atoms with Gasteiger partial charge in [0.15, 0.2) is 18.3 Å². The van der Waals surface area contributed by atoms with Crippen molar-refractivity contribution in [3.63, 3.8) is 0 Å². The normalized spacial score (nSPS) is 11.7. The molecule has 4 heterocycles. The standard InChI is InChI=1S/C18H12F4N6/c19-10-18(21,22)15-5-1-3-13(24-15)16-26-17(14-4-2-8-28(14)27-16)25-12-6-7-23-9-11(12)20/h1-9H,10H2,(H,23,25,26,27). The summed E-state index contributed by atoms with van der Waals surface area (Å²) >= 11 is 0.